The first kappa shape index (κ1) is 21.8. The minimum absolute atomic E-state index is 0.172. The van der Waals surface area contributed by atoms with Gasteiger partial charge in [-0.05, 0) is 37.5 Å². The highest BCUT2D eigenvalue weighted by atomic mass is 16.5. The molecule has 3 rings (SSSR count). The first-order valence-electron chi connectivity index (χ1n) is 10.5. The van der Waals surface area contributed by atoms with Crippen molar-refractivity contribution in [3.8, 4) is 11.5 Å². The zero-order valence-electron chi connectivity index (χ0n) is 18.2. The number of nitrogens with one attached hydrogen (secondary N) is 2. The SMILES string of the molecule is CCNc1nc[n+](Cc2ccc(OC)c(OCCCCO)c2)c2nc(C(C)C)[nH]c12. The van der Waals surface area contributed by atoms with E-state index in [0.717, 1.165) is 47.8 Å². The fourth-order valence-electron chi connectivity index (χ4n) is 3.22. The fourth-order valence-corrected chi connectivity index (χ4v) is 3.22. The molecular weight excluding hydrogens is 382 g/mol. The van der Waals surface area contributed by atoms with Gasteiger partial charge in [0.1, 0.15) is 0 Å². The average Bonchev–Trinajstić information content (AvgIpc) is 3.20. The molecule has 0 saturated heterocycles. The van der Waals surface area contributed by atoms with Gasteiger partial charge in [-0.15, -0.1) is 0 Å². The van der Waals surface area contributed by atoms with Crippen LogP contribution in [-0.2, 0) is 6.54 Å². The first-order chi connectivity index (χ1) is 14.6. The number of aromatic nitrogens is 4. The number of aromatic amines is 1. The summed E-state index contributed by atoms with van der Waals surface area (Å²) in [7, 11) is 1.63. The lowest BCUT2D eigenvalue weighted by atomic mass is 10.2. The molecule has 0 aliphatic heterocycles. The van der Waals surface area contributed by atoms with E-state index in [-0.39, 0.29) is 6.61 Å². The molecule has 8 heteroatoms. The second-order valence-corrected chi connectivity index (χ2v) is 7.49. The molecule has 1 aromatic carbocycles. The highest BCUT2D eigenvalue weighted by Crippen LogP contribution is 2.28. The molecule has 0 atom stereocenters. The van der Waals surface area contributed by atoms with Crippen LogP contribution in [0.5, 0.6) is 11.5 Å². The number of hydrogen-bond donors (Lipinski definition) is 3. The summed E-state index contributed by atoms with van der Waals surface area (Å²) < 4.78 is 13.4. The molecule has 8 nitrogen and oxygen atoms in total. The summed E-state index contributed by atoms with van der Waals surface area (Å²) in [6.45, 7) is 8.39. The Labute approximate surface area is 177 Å². The molecular formula is C22H32N5O3+. The fraction of sp³-hybridized carbons (Fsp3) is 0.500. The Morgan fingerprint density at radius 2 is 2.07 bits per heavy atom. The molecule has 162 valence electrons. The van der Waals surface area contributed by atoms with E-state index in [1.807, 2.05) is 36.0 Å². The van der Waals surface area contributed by atoms with E-state index in [1.165, 1.54) is 0 Å². The number of aliphatic hydroxyl groups is 1. The highest BCUT2D eigenvalue weighted by Gasteiger charge is 2.21. The van der Waals surface area contributed by atoms with Gasteiger partial charge in [-0.3, -0.25) is 0 Å². The molecule has 3 aromatic rings. The van der Waals surface area contributed by atoms with E-state index in [1.54, 1.807) is 7.11 Å². The van der Waals surface area contributed by atoms with Crippen LogP contribution in [0.2, 0.25) is 0 Å². The van der Waals surface area contributed by atoms with E-state index >= 15 is 0 Å². The number of hydrogen-bond acceptors (Lipinski definition) is 6. The Kier molecular flexibility index (Phi) is 7.46. The van der Waals surface area contributed by atoms with Crippen LogP contribution in [-0.4, -0.2) is 46.9 Å². The Morgan fingerprint density at radius 3 is 2.77 bits per heavy atom. The van der Waals surface area contributed by atoms with Gasteiger partial charge in [-0.2, -0.15) is 0 Å². The van der Waals surface area contributed by atoms with Crippen LogP contribution in [0, 0.1) is 0 Å². The molecule has 2 heterocycles. The Bertz CT molecular complexity index is 971. The Morgan fingerprint density at radius 1 is 1.23 bits per heavy atom. The summed E-state index contributed by atoms with van der Waals surface area (Å²) in [5.41, 5.74) is 2.84. The average molecular weight is 415 g/mol. The monoisotopic (exact) mass is 414 g/mol. The number of unbranched alkanes of at least 4 members (excludes halogenated alkanes) is 1. The molecule has 30 heavy (non-hydrogen) atoms. The van der Waals surface area contributed by atoms with E-state index in [4.69, 9.17) is 19.6 Å². The smallest absolute Gasteiger partial charge is 0.294 e. The van der Waals surface area contributed by atoms with Crippen LogP contribution in [0.1, 0.15) is 50.9 Å². The largest absolute Gasteiger partial charge is 0.493 e. The van der Waals surface area contributed by atoms with Gasteiger partial charge in [0.2, 0.25) is 12.1 Å². The predicted molar refractivity (Wildman–Crippen MR) is 116 cm³/mol. The summed E-state index contributed by atoms with van der Waals surface area (Å²) in [5.74, 6) is 3.44. The standard InChI is InChI=1S/C22H31N5O3/c1-5-23-21-19-22(26-20(25-19)15(2)3)27(14-24-21)13-16-8-9-17(29-4)18(12-16)30-11-7-6-10-28/h8-9,12,14-15,28H,5-7,10-11,13H2,1-4H3,(H,23,25,26)/p+1. The third-order valence-electron chi connectivity index (χ3n) is 4.82. The molecule has 0 saturated carbocycles. The molecule has 3 N–H and O–H groups in total. The van der Waals surface area contributed by atoms with Crippen LogP contribution >= 0.6 is 0 Å². The van der Waals surface area contributed by atoms with Crippen molar-refractivity contribution in [2.75, 3.05) is 32.2 Å². The normalized spacial score (nSPS) is 11.3. The summed E-state index contributed by atoms with van der Waals surface area (Å²) in [5, 5.41) is 12.2. The zero-order chi connectivity index (χ0) is 21.5. The molecule has 0 spiro atoms. The molecule has 0 aliphatic carbocycles. The second-order valence-electron chi connectivity index (χ2n) is 7.49. The molecule has 0 fully saturated rings. The van der Waals surface area contributed by atoms with Crippen molar-refractivity contribution in [3.05, 3.63) is 35.9 Å². The number of ether oxygens (including phenoxy) is 2. The molecule has 2 aromatic heterocycles. The third-order valence-corrected chi connectivity index (χ3v) is 4.82. The number of imidazole rings is 1. The molecule has 0 amide bonds. The lowest BCUT2D eigenvalue weighted by molar-refractivity contribution is -0.667. The number of anilines is 1. The lowest BCUT2D eigenvalue weighted by Crippen LogP contribution is -2.36. The second kappa shape index (κ2) is 10.2. The third kappa shape index (κ3) is 4.99. The topological polar surface area (TPSA) is 96.2 Å². The number of benzene rings is 1. The maximum Gasteiger partial charge on any atom is 0.294 e. The maximum atomic E-state index is 8.95. The van der Waals surface area contributed by atoms with Gasteiger partial charge in [0.05, 0.1) is 20.3 Å². The van der Waals surface area contributed by atoms with Crippen LogP contribution in [0.4, 0.5) is 5.82 Å². The summed E-state index contributed by atoms with van der Waals surface area (Å²) >= 11 is 0. The van der Waals surface area contributed by atoms with Crippen LogP contribution in [0.15, 0.2) is 24.5 Å². The van der Waals surface area contributed by atoms with Gasteiger partial charge in [0.15, 0.2) is 22.8 Å². The number of H-pyrrole nitrogens is 1. The number of nitrogens with zero attached hydrogens (tertiary/aromatic N) is 3. The van der Waals surface area contributed by atoms with Gasteiger partial charge < -0.3 is 24.9 Å². The lowest BCUT2D eigenvalue weighted by Gasteiger charge is -2.12. The Hall–Kier alpha value is -2.87. The molecule has 0 aliphatic rings. The van der Waals surface area contributed by atoms with Gasteiger partial charge in [-0.1, -0.05) is 29.9 Å². The van der Waals surface area contributed by atoms with Gasteiger partial charge in [0.25, 0.3) is 5.65 Å². The number of fused-ring (bicyclic) bond motifs is 1. The number of methoxy groups -OCH3 is 1. The van der Waals surface area contributed by atoms with Crippen LogP contribution in [0.3, 0.4) is 0 Å². The van der Waals surface area contributed by atoms with E-state index in [2.05, 4.69) is 29.1 Å². The van der Waals surface area contributed by atoms with Gasteiger partial charge in [0, 0.05) is 19.1 Å². The minimum Gasteiger partial charge on any atom is -0.493 e. The number of aliphatic hydroxyl groups excluding tert-OH is 1. The van der Waals surface area contributed by atoms with E-state index in [9.17, 15) is 0 Å². The quantitative estimate of drug-likeness (QED) is 0.330. The summed E-state index contributed by atoms with van der Waals surface area (Å²) in [6.07, 6.45) is 3.33. The molecule has 0 radical (unpaired) electrons. The molecule has 0 bridgehead atoms. The van der Waals surface area contributed by atoms with E-state index in [0.29, 0.717) is 30.6 Å². The van der Waals surface area contributed by atoms with Crippen molar-refractivity contribution in [3.63, 3.8) is 0 Å². The molecule has 0 unspecified atom stereocenters. The van der Waals surface area contributed by atoms with Crippen molar-refractivity contribution in [1.82, 2.24) is 15.0 Å². The predicted octanol–water partition coefficient (Wildman–Crippen LogP) is 3.01. The van der Waals surface area contributed by atoms with Crippen molar-refractivity contribution in [2.45, 2.75) is 46.1 Å². The Balaban J connectivity index is 1.90. The van der Waals surface area contributed by atoms with Crippen LogP contribution in [0.25, 0.3) is 11.2 Å². The highest BCUT2D eigenvalue weighted by molar-refractivity contribution is 5.80. The van der Waals surface area contributed by atoms with Crippen molar-refractivity contribution >= 4 is 17.0 Å². The van der Waals surface area contributed by atoms with E-state index < -0.39 is 0 Å². The van der Waals surface area contributed by atoms with Crippen molar-refractivity contribution < 1.29 is 19.1 Å². The summed E-state index contributed by atoms with van der Waals surface area (Å²) in [6, 6.07) is 5.93. The zero-order valence-corrected chi connectivity index (χ0v) is 18.2. The van der Waals surface area contributed by atoms with Crippen LogP contribution < -0.4 is 19.4 Å². The first-order valence-corrected chi connectivity index (χ1v) is 10.5. The number of rotatable bonds is 11. The summed E-state index contributed by atoms with van der Waals surface area (Å²) in [4.78, 5) is 12.8. The van der Waals surface area contributed by atoms with Crippen molar-refractivity contribution in [2.24, 2.45) is 0 Å². The van der Waals surface area contributed by atoms with Crippen molar-refractivity contribution in [1.29, 1.82) is 0 Å². The van der Waals surface area contributed by atoms with Gasteiger partial charge in [-0.25, -0.2) is 4.57 Å². The maximum absolute atomic E-state index is 8.95. The van der Waals surface area contributed by atoms with Gasteiger partial charge >= 0.3 is 0 Å². The minimum atomic E-state index is 0.172.